The average Bonchev–Trinajstić information content (AvgIpc) is 3.47. The Morgan fingerprint density at radius 2 is 0.407 bits per heavy atom. The van der Waals surface area contributed by atoms with E-state index in [0.717, 1.165) is 64.2 Å². The molecule has 1 atom stereocenters. The van der Waals surface area contributed by atoms with Crippen LogP contribution in [0.5, 0.6) is 0 Å². The smallest absolute Gasteiger partial charge is 0.306 e. The van der Waals surface area contributed by atoms with Gasteiger partial charge in [0.25, 0.3) is 0 Å². The molecule has 0 saturated heterocycles. The highest BCUT2D eigenvalue weighted by Crippen LogP contribution is 2.20. The van der Waals surface area contributed by atoms with Gasteiger partial charge in [0.15, 0.2) is 6.10 Å². The van der Waals surface area contributed by atoms with E-state index in [1.807, 2.05) is 0 Å². The van der Waals surface area contributed by atoms with Gasteiger partial charge in [0, 0.05) is 19.3 Å². The number of hydrogen-bond donors (Lipinski definition) is 0. The third kappa shape index (κ3) is 68.8. The average molecular weight is 1140 g/mol. The summed E-state index contributed by atoms with van der Waals surface area (Å²) >= 11 is 0. The van der Waals surface area contributed by atoms with Crippen molar-refractivity contribution in [1.29, 1.82) is 0 Å². The highest BCUT2D eigenvalue weighted by atomic mass is 16.6. The Hall–Kier alpha value is -1.85. The lowest BCUT2D eigenvalue weighted by Gasteiger charge is -2.18. The maximum absolute atomic E-state index is 12.9. The first kappa shape index (κ1) is 79.2. The minimum absolute atomic E-state index is 0.0657. The molecule has 0 amide bonds. The summed E-state index contributed by atoms with van der Waals surface area (Å²) in [6, 6.07) is 0. The molecule has 0 heterocycles. The van der Waals surface area contributed by atoms with E-state index in [9.17, 15) is 14.4 Å². The Balaban J connectivity index is 4.07. The Morgan fingerprint density at radius 1 is 0.235 bits per heavy atom. The first-order valence-corrected chi connectivity index (χ1v) is 37.2. The fraction of sp³-hybridized carbons (Fsp3) is 0.933. The number of allylic oxidation sites excluding steroid dienone is 2. The first-order valence-electron chi connectivity index (χ1n) is 37.2. The summed E-state index contributed by atoms with van der Waals surface area (Å²) in [6.07, 6.45) is 85.6. The van der Waals surface area contributed by atoms with Gasteiger partial charge in [-0.25, -0.2) is 0 Å². The van der Waals surface area contributed by atoms with Crippen LogP contribution in [-0.4, -0.2) is 37.2 Å². The van der Waals surface area contributed by atoms with Crippen molar-refractivity contribution >= 4 is 17.9 Å². The van der Waals surface area contributed by atoms with Crippen molar-refractivity contribution in [2.75, 3.05) is 13.2 Å². The Labute approximate surface area is 507 Å². The highest BCUT2D eigenvalue weighted by molar-refractivity contribution is 5.71. The molecule has 0 fully saturated rings. The zero-order valence-corrected chi connectivity index (χ0v) is 55.4. The van der Waals surface area contributed by atoms with Crippen molar-refractivity contribution in [3.63, 3.8) is 0 Å². The molecule has 0 bridgehead atoms. The van der Waals surface area contributed by atoms with Crippen LogP contribution in [0.4, 0.5) is 0 Å². The molecule has 6 heteroatoms. The van der Waals surface area contributed by atoms with Crippen molar-refractivity contribution in [3.05, 3.63) is 12.2 Å². The SMILES string of the molecule is CCCCCCC/C=C\CCCCCCCC(=O)OCC(COC(=O)CCCCCCCCCCCCCCCCCCCCCCCCCCCCCCCCCCC)OC(=O)CCCCCCCCCCCCCCCCCC. The summed E-state index contributed by atoms with van der Waals surface area (Å²) in [4.78, 5) is 38.4. The van der Waals surface area contributed by atoms with E-state index in [1.54, 1.807) is 0 Å². The number of carbonyl (C=O) groups is 3. The van der Waals surface area contributed by atoms with Gasteiger partial charge in [-0.05, 0) is 44.9 Å². The summed E-state index contributed by atoms with van der Waals surface area (Å²) in [6.45, 7) is 6.71. The van der Waals surface area contributed by atoms with Crippen molar-refractivity contribution < 1.29 is 28.6 Å². The second kappa shape index (κ2) is 70.6. The summed E-state index contributed by atoms with van der Waals surface area (Å²) in [5.74, 6) is -0.840. The van der Waals surface area contributed by atoms with Crippen LogP contribution >= 0.6 is 0 Å². The molecule has 6 nitrogen and oxygen atoms in total. The topological polar surface area (TPSA) is 78.9 Å². The van der Waals surface area contributed by atoms with E-state index < -0.39 is 6.10 Å². The molecule has 0 spiro atoms. The van der Waals surface area contributed by atoms with Gasteiger partial charge < -0.3 is 14.2 Å². The van der Waals surface area contributed by atoms with E-state index in [1.165, 1.54) is 327 Å². The van der Waals surface area contributed by atoms with E-state index in [4.69, 9.17) is 14.2 Å². The molecule has 1 unspecified atom stereocenters. The Kier molecular flexibility index (Phi) is 69.0. The third-order valence-electron chi connectivity index (χ3n) is 17.3. The molecule has 0 aromatic carbocycles. The van der Waals surface area contributed by atoms with E-state index in [0.29, 0.717) is 19.3 Å². The zero-order valence-electron chi connectivity index (χ0n) is 55.4. The van der Waals surface area contributed by atoms with E-state index in [-0.39, 0.29) is 31.1 Å². The summed E-state index contributed by atoms with van der Waals surface area (Å²) in [5, 5.41) is 0. The number of ether oxygens (including phenoxy) is 3. The quantitative estimate of drug-likeness (QED) is 0.0261. The molecule has 0 radical (unpaired) electrons. The molecule has 0 aliphatic rings. The van der Waals surface area contributed by atoms with Gasteiger partial charge >= 0.3 is 17.9 Å². The molecule has 0 rings (SSSR count). The Morgan fingerprint density at radius 3 is 0.617 bits per heavy atom. The monoisotopic (exact) mass is 1140 g/mol. The van der Waals surface area contributed by atoms with Gasteiger partial charge in [-0.15, -0.1) is 0 Å². The molecule has 0 saturated carbocycles. The fourth-order valence-electron chi connectivity index (χ4n) is 11.7. The second-order valence-corrected chi connectivity index (χ2v) is 25.6. The number of hydrogen-bond acceptors (Lipinski definition) is 6. The molecule has 0 aliphatic heterocycles. The van der Waals surface area contributed by atoms with E-state index in [2.05, 4.69) is 32.9 Å². The minimum atomic E-state index is -0.769. The Bertz CT molecular complexity index is 1260. The van der Waals surface area contributed by atoms with Gasteiger partial charge in [0.05, 0.1) is 0 Å². The predicted octanol–water partition coefficient (Wildman–Crippen LogP) is 25.6. The normalized spacial score (nSPS) is 12.0. The highest BCUT2D eigenvalue weighted by Gasteiger charge is 2.20. The zero-order chi connectivity index (χ0) is 58.5. The molecular weight excluding hydrogens is 997 g/mol. The molecule has 81 heavy (non-hydrogen) atoms. The number of esters is 3. The van der Waals surface area contributed by atoms with Crippen LogP contribution in [0.1, 0.15) is 432 Å². The standard InChI is InChI=1S/C75H144O6/c1-4-7-10-13-16-19-22-25-28-30-31-32-33-34-35-36-37-38-39-40-41-42-43-44-45-46-48-50-53-56-59-62-65-68-74(77)80-71-72(70-79-73(76)67-64-61-58-55-52-49-27-24-21-18-15-12-9-6-3)81-75(78)69-66-63-60-57-54-51-47-29-26-23-20-17-14-11-8-5-2/h24,27,72H,4-23,25-26,28-71H2,1-3H3/b27-24-. The van der Waals surface area contributed by atoms with Crippen LogP contribution in [0, 0.1) is 0 Å². The van der Waals surface area contributed by atoms with Crippen LogP contribution in [0.25, 0.3) is 0 Å². The lowest BCUT2D eigenvalue weighted by atomic mass is 10.0. The largest absolute Gasteiger partial charge is 0.462 e. The maximum atomic E-state index is 12.9. The summed E-state index contributed by atoms with van der Waals surface area (Å²) in [5.41, 5.74) is 0. The lowest BCUT2D eigenvalue weighted by Crippen LogP contribution is -2.30. The number of unbranched alkanes of at least 4 members (excludes halogenated alkanes) is 57. The van der Waals surface area contributed by atoms with Crippen LogP contribution < -0.4 is 0 Å². The molecule has 0 aliphatic carbocycles. The van der Waals surface area contributed by atoms with Crippen molar-refractivity contribution in [2.24, 2.45) is 0 Å². The summed E-state index contributed by atoms with van der Waals surface area (Å²) < 4.78 is 17.0. The third-order valence-corrected chi connectivity index (χ3v) is 17.3. The van der Waals surface area contributed by atoms with Gasteiger partial charge in [-0.2, -0.15) is 0 Å². The lowest BCUT2D eigenvalue weighted by molar-refractivity contribution is -0.167. The van der Waals surface area contributed by atoms with Gasteiger partial charge in [0.2, 0.25) is 0 Å². The van der Waals surface area contributed by atoms with Crippen LogP contribution in [0.3, 0.4) is 0 Å². The second-order valence-electron chi connectivity index (χ2n) is 25.6. The first-order chi connectivity index (χ1) is 40.0. The maximum Gasteiger partial charge on any atom is 0.306 e. The minimum Gasteiger partial charge on any atom is -0.462 e. The predicted molar refractivity (Wildman–Crippen MR) is 353 cm³/mol. The molecule has 0 aromatic heterocycles. The summed E-state index contributed by atoms with van der Waals surface area (Å²) in [7, 11) is 0. The molecular formula is C75H144O6. The van der Waals surface area contributed by atoms with Gasteiger partial charge in [0.1, 0.15) is 13.2 Å². The van der Waals surface area contributed by atoms with Crippen molar-refractivity contribution in [2.45, 2.75) is 438 Å². The number of rotatable bonds is 70. The van der Waals surface area contributed by atoms with Crippen LogP contribution in [-0.2, 0) is 28.6 Å². The molecule has 480 valence electrons. The van der Waals surface area contributed by atoms with Gasteiger partial charge in [-0.1, -0.05) is 380 Å². The van der Waals surface area contributed by atoms with Crippen molar-refractivity contribution in [3.8, 4) is 0 Å². The fourth-order valence-corrected chi connectivity index (χ4v) is 11.7. The number of carbonyl (C=O) groups excluding carboxylic acids is 3. The van der Waals surface area contributed by atoms with E-state index >= 15 is 0 Å². The van der Waals surface area contributed by atoms with Gasteiger partial charge in [-0.3, -0.25) is 14.4 Å². The van der Waals surface area contributed by atoms with Crippen LogP contribution in [0.15, 0.2) is 12.2 Å². The molecule has 0 aromatic rings. The van der Waals surface area contributed by atoms with Crippen molar-refractivity contribution in [1.82, 2.24) is 0 Å². The van der Waals surface area contributed by atoms with Crippen LogP contribution in [0.2, 0.25) is 0 Å². The molecule has 0 N–H and O–H groups in total.